The minimum absolute atomic E-state index is 0.159. The maximum absolute atomic E-state index is 5.97. The first-order chi connectivity index (χ1) is 8.05. The summed E-state index contributed by atoms with van der Waals surface area (Å²) in [7, 11) is 0. The van der Waals surface area contributed by atoms with Crippen molar-refractivity contribution in [3.8, 4) is 17.0 Å². The first-order valence-electron chi connectivity index (χ1n) is 5.59. The topological polar surface area (TPSA) is 61.3 Å². The van der Waals surface area contributed by atoms with Crippen LogP contribution in [0, 0.1) is 0 Å². The average Bonchev–Trinajstić information content (AvgIpc) is 2.78. The van der Waals surface area contributed by atoms with Gasteiger partial charge in [0.2, 0.25) is 5.88 Å². The Labute approximate surface area is 99.4 Å². The Hall–Kier alpha value is -1.97. The molecule has 0 spiro atoms. The minimum Gasteiger partial charge on any atom is -0.487 e. The Balaban J connectivity index is 2.12. The minimum atomic E-state index is -0.159. The summed E-state index contributed by atoms with van der Waals surface area (Å²) in [6.07, 6.45) is 0.906. The van der Waals surface area contributed by atoms with Gasteiger partial charge in [0.1, 0.15) is 17.0 Å². The smallest absolute Gasteiger partial charge is 0.222 e. The second-order valence-corrected chi connectivity index (χ2v) is 4.95. The summed E-state index contributed by atoms with van der Waals surface area (Å²) in [5.74, 6) is 1.21. The van der Waals surface area contributed by atoms with Crippen molar-refractivity contribution in [1.29, 1.82) is 0 Å². The first-order valence-corrected chi connectivity index (χ1v) is 5.59. The Morgan fingerprint density at radius 3 is 2.88 bits per heavy atom. The molecule has 0 saturated heterocycles. The average molecular weight is 230 g/mol. The molecule has 0 saturated carbocycles. The van der Waals surface area contributed by atoms with Gasteiger partial charge >= 0.3 is 0 Å². The van der Waals surface area contributed by atoms with Crippen molar-refractivity contribution in [2.75, 3.05) is 5.73 Å². The number of nitrogens with two attached hydrogens (primary N) is 1. The molecular weight excluding hydrogens is 216 g/mol. The number of nitrogens with zero attached hydrogens (tertiary/aromatic N) is 1. The third-order valence-corrected chi connectivity index (χ3v) is 2.90. The maximum Gasteiger partial charge on any atom is 0.222 e. The summed E-state index contributed by atoms with van der Waals surface area (Å²) in [6.45, 7) is 4.15. The van der Waals surface area contributed by atoms with Crippen LogP contribution in [0.2, 0.25) is 0 Å². The molecule has 17 heavy (non-hydrogen) atoms. The number of aromatic nitrogens is 1. The van der Waals surface area contributed by atoms with E-state index in [1.807, 2.05) is 12.1 Å². The zero-order valence-corrected chi connectivity index (χ0v) is 9.86. The maximum atomic E-state index is 5.97. The molecule has 0 unspecified atom stereocenters. The number of rotatable bonds is 1. The fraction of sp³-hybridized carbons (Fsp3) is 0.308. The predicted octanol–water partition coefficient (Wildman–Crippen LogP) is 2.64. The highest BCUT2D eigenvalue weighted by atomic mass is 16.5. The molecule has 2 heterocycles. The van der Waals surface area contributed by atoms with Gasteiger partial charge in [-0.3, -0.25) is 0 Å². The molecule has 0 atom stereocenters. The van der Waals surface area contributed by atoms with E-state index in [0.29, 0.717) is 5.88 Å². The van der Waals surface area contributed by atoms with Gasteiger partial charge < -0.3 is 15.0 Å². The van der Waals surface area contributed by atoms with Gasteiger partial charge in [-0.15, -0.1) is 0 Å². The van der Waals surface area contributed by atoms with Crippen LogP contribution in [-0.4, -0.2) is 10.8 Å². The van der Waals surface area contributed by atoms with Crippen molar-refractivity contribution in [2.45, 2.75) is 25.9 Å². The van der Waals surface area contributed by atoms with Gasteiger partial charge in [-0.25, -0.2) is 0 Å². The fourth-order valence-corrected chi connectivity index (χ4v) is 2.23. The molecule has 1 aromatic carbocycles. The van der Waals surface area contributed by atoms with Crippen LogP contribution in [0.25, 0.3) is 11.3 Å². The Kier molecular flexibility index (Phi) is 1.96. The van der Waals surface area contributed by atoms with E-state index in [1.165, 1.54) is 5.56 Å². The molecule has 4 heteroatoms. The molecule has 0 bridgehead atoms. The van der Waals surface area contributed by atoms with Crippen molar-refractivity contribution in [1.82, 2.24) is 5.16 Å². The van der Waals surface area contributed by atoms with Gasteiger partial charge in [-0.05, 0) is 25.5 Å². The third kappa shape index (κ3) is 1.65. The molecule has 0 aliphatic carbocycles. The molecule has 0 radical (unpaired) electrons. The number of hydrogen-bond acceptors (Lipinski definition) is 4. The van der Waals surface area contributed by atoms with Crippen LogP contribution in [0.4, 0.5) is 5.88 Å². The number of ether oxygens (including phenoxy) is 1. The van der Waals surface area contributed by atoms with E-state index < -0.39 is 0 Å². The SMILES string of the molecule is CC1(C)Cc2cccc(-c3cc(N)on3)c2O1. The summed E-state index contributed by atoms with van der Waals surface area (Å²) in [6, 6.07) is 7.77. The monoisotopic (exact) mass is 230 g/mol. The molecule has 88 valence electrons. The summed E-state index contributed by atoms with van der Waals surface area (Å²) >= 11 is 0. The van der Waals surface area contributed by atoms with Gasteiger partial charge in [-0.2, -0.15) is 0 Å². The number of para-hydroxylation sites is 1. The second kappa shape index (κ2) is 3.26. The van der Waals surface area contributed by atoms with E-state index in [2.05, 4.69) is 25.1 Å². The molecule has 0 fully saturated rings. The molecule has 2 N–H and O–H groups in total. The number of anilines is 1. The van der Waals surface area contributed by atoms with Crippen molar-refractivity contribution in [2.24, 2.45) is 0 Å². The van der Waals surface area contributed by atoms with Crippen molar-refractivity contribution in [3.63, 3.8) is 0 Å². The highest BCUT2D eigenvalue weighted by molar-refractivity contribution is 5.71. The lowest BCUT2D eigenvalue weighted by atomic mass is 10.00. The van der Waals surface area contributed by atoms with Gasteiger partial charge in [0.25, 0.3) is 0 Å². The lowest BCUT2D eigenvalue weighted by Crippen LogP contribution is -2.24. The number of fused-ring (bicyclic) bond motifs is 1. The second-order valence-electron chi connectivity index (χ2n) is 4.95. The largest absolute Gasteiger partial charge is 0.487 e. The van der Waals surface area contributed by atoms with Gasteiger partial charge in [-0.1, -0.05) is 17.3 Å². The molecular formula is C13H14N2O2. The molecule has 1 aromatic heterocycles. The van der Waals surface area contributed by atoms with Crippen LogP contribution in [-0.2, 0) is 6.42 Å². The molecule has 0 amide bonds. The van der Waals surface area contributed by atoms with E-state index in [1.54, 1.807) is 6.07 Å². The lowest BCUT2D eigenvalue weighted by molar-refractivity contribution is 0.139. The van der Waals surface area contributed by atoms with E-state index in [-0.39, 0.29) is 5.60 Å². The highest BCUT2D eigenvalue weighted by Crippen LogP contribution is 2.41. The van der Waals surface area contributed by atoms with Crippen LogP contribution in [0.3, 0.4) is 0 Å². The third-order valence-electron chi connectivity index (χ3n) is 2.90. The lowest BCUT2D eigenvalue weighted by Gasteiger charge is -2.17. The van der Waals surface area contributed by atoms with E-state index in [0.717, 1.165) is 23.4 Å². The van der Waals surface area contributed by atoms with Crippen LogP contribution < -0.4 is 10.5 Å². The van der Waals surface area contributed by atoms with Crippen LogP contribution in [0.1, 0.15) is 19.4 Å². The zero-order chi connectivity index (χ0) is 12.0. The molecule has 3 rings (SSSR count). The number of nitrogen functional groups attached to an aromatic ring is 1. The Bertz CT molecular complexity index is 573. The Morgan fingerprint density at radius 2 is 2.18 bits per heavy atom. The summed E-state index contributed by atoms with van der Waals surface area (Å²) in [5.41, 5.74) is 8.25. The zero-order valence-electron chi connectivity index (χ0n) is 9.86. The van der Waals surface area contributed by atoms with E-state index >= 15 is 0 Å². The standard InChI is InChI=1S/C13H14N2O2/c1-13(2)7-8-4-3-5-9(12(8)16-13)10-6-11(14)17-15-10/h3-6H,7,14H2,1-2H3. The molecule has 4 nitrogen and oxygen atoms in total. The van der Waals surface area contributed by atoms with Crippen LogP contribution >= 0.6 is 0 Å². The normalized spacial score (nSPS) is 16.6. The van der Waals surface area contributed by atoms with Crippen molar-refractivity contribution >= 4 is 5.88 Å². The predicted molar refractivity (Wildman–Crippen MR) is 64.8 cm³/mol. The molecule has 1 aliphatic heterocycles. The summed E-state index contributed by atoms with van der Waals surface area (Å²) in [4.78, 5) is 0. The first kappa shape index (κ1) is 10.2. The van der Waals surface area contributed by atoms with Crippen LogP contribution in [0.15, 0.2) is 28.8 Å². The number of hydrogen-bond donors (Lipinski definition) is 1. The van der Waals surface area contributed by atoms with Crippen molar-refractivity contribution < 1.29 is 9.26 Å². The van der Waals surface area contributed by atoms with Gasteiger partial charge in [0.05, 0.1) is 0 Å². The highest BCUT2D eigenvalue weighted by Gasteiger charge is 2.32. The molecule has 1 aliphatic rings. The Morgan fingerprint density at radius 1 is 1.35 bits per heavy atom. The summed E-state index contributed by atoms with van der Waals surface area (Å²) in [5, 5.41) is 3.93. The number of benzene rings is 1. The van der Waals surface area contributed by atoms with Gasteiger partial charge in [0, 0.05) is 18.1 Å². The van der Waals surface area contributed by atoms with E-state index in [9.17, 15) is 0 Å². The molecule has 2 aromatic rings. The van der Waals surface area contributed by atoms with Gasteiger partial charge in [0.15, 0.2) is 0 Å². The van der Waals surface area contributed by atoms with Crippen molar-refractivity contribution in [3.05, 3.63) is 29.8 Å². The fourth-order valence-electron chi connectivity index (χ4n) is 2.23. The summed E-state index contributed by atoms with van der Waals surface area (Å²) < 4.78 is 10.9. The van der Waals surface area contributed by atoms with Crippen LogP contribution in [0.5, 0.6) is 5.75 Å². The van der Waals surface area contributed by atoms with E-state index in [4.69, 9.17) is 15.0 Å². The quantitative estimate of drug-likeness (QED) is 0.818.